The minimum atomic E-state index is -4.67. The highest BCUT2D eigenvalue weighted by molar-refractivity contribution is 6.04. The number of imidazole rings is 1. The quantitative estimate of drug-likeness (QED) is 0.377. The van der Waals surface area contributed by atoms with E-state index in [2.05, 4.69) is 37.1 Å². The first-order valence-corrected chi connectivity index (χ1v) is 12.1. The number of carbonyl (C=O) groups excluding carboxylic acids is 1. The van der Waals surface area contributed by atoms with E-state index >= 15 is 0 Å². The highest BCUT2D eigenvalue weighted by atomic mass is 19.4. The van der Waals surface area contributed by atoms with Gasteiger partial charge in [-0.25, -0.2) is 9.50 Å². The van der Waals surface area contributed by atoms with Crippen molar-refractivity contribution in [2.45, 2.75) is 6.18 Å². The van der Waals surface area contributed by atoms with Crippen molar-refractivity contribution in [2.75, 3.05) is 44.8 Å². The van der Waals surface area contributed by atoms with Crippen LogP contribution in [0.3, 0.4) is 0 Å². The van der Waals surface area contributed by atoms with Gasteiger partial charge in [0.1, 0.15) is 18.1 Å². The van der Waals surface area contributed by atoms with Gasteiger partial charge in [0.05, 0.1) is 30.5 Å². The molecule has 0 saturated carbocycles. The standard InChI is InChI=1S/C27H23F3N6O3/c28-27(29,30)23-15-21(4-6-24(23)39-13-10-35-8-11-38-12-9-35)34-26(37)20-14-19(16-31-17-20)3-5-22-18-32-25-2-1-7-33-36(22)25/h1-2,4,6-7,14-18H,8-13H2,(H,34,37). The third-order valence-electron chi connectivity index (χ3n) is 5.92. The summed E-state index contributed by atoms with van der Waals surface area (Å²) in [6, 6.07) is 8.49. The number of halogens is 3. The molecular formula is C27H23F3N6O3. The molecule has 0 bridgehead atoms. The summed E-state index contributed by atoms with van der Waals surface area (Å²) in [5.74, 6) is 4.92. The SMILES string of the molecule is O=C(Nc1ccc(OCCN2CCOCC2)c(C(F)(F)F)c1)c1cncc(C#Cc2cnc3cccnn23)c1. The third kappa shape index (κ3) is 6.51. The summed E-state index contributed by atoms with van der Waals surface area (Å²) in [6.07, 6.45) is 1.31. The van der Waals surface area contributed by atoms with Gasteiger partial charge in [0.15, 0.2) is 5.65 Å². The summed E-state index contributed by atoms with van der Waals surface area (Å²) >= 11 is 0. The Morgan fingerprint density at radius 3 is 2.77 bits per heavy atom. The van der Waals surface area contributed by atoms with Gasteiger partial charge in [-0.2, -0.15) is 18.3 Å². The summed E-state index contributed by atoms with van der Waals surface area (Å²) in [5.41, 5.74) is 0.765. The number of carbonyl (C=O) groups is 1. The van der Waals surface area contributed by atoms with Crippen LogP contribution < -0.4 is 10.1 Å². The van der Waals surface area contributed by atoms with Crippen molar-refractivity contribution in [3.63, 3.8) is 0 Å². The number of ether oxygens (including phenoxy) is 2. The number of rotatable bonds is 6. The Bertz CT molecular complexity index is 1540. The maximum Gasteiger partial charge on any atom is 0.420 e. The third-order valence-corrected chi connectivity index (χ3v) is 5.92. The number of morpholine rings is 1. The van der Waals surface area contributed by atoms with Crippen LogP contribution in [0.5, 0.6) is 5.75 Å². The van der Waals surface area contributed by atoms with E-state index in [0.717, 1.165) is 6.07 Å². The van der Waals surface area contributed by atoms with E-state index in [1.165, 1.54) is 30.6 Å². The minimum absolute atomic E-state index is 0.0267. The van der Waals surface area contributed by atoms with Crippen molar-refractivity contribution in [1.29, 1.82) is 0 Å². The summed E-state index contributed by atoms with van der Waals surface area (Å²) in [6.45, 7) is 3.18. The van der Waals surface area contributed by atoms with Gasteiger partial charge >= 0.3 is 6.18 Å². The summed E-state index contributed by atoms with van der Waals surface area (Å²) < 4.78 is 53.6. The molecule has 1 amide bonds. The molecule has 0 radical (unpaired) electrons. The van der Waals surface area contributed by atoms with Crippen molar-refractivity contribution >= 4 is 17.2 Å². The van der Waals surface area contributed by atoms with Gasteiger partial charge in [-0.05, 0) is 42.3 Å². The Labute approximate surface area is 221 Å². The fraction of sp³-hybridized carbons (Fsp3) is 0.259. The molecule has 39 heavy (non-hydrogen) atoms. The van der Waals surface area contributed by atoms with E-state index in [9.17, 15) is 18.0 Å². The zero-order valence-corrected chi connectivity index (χ0v) is 20.6. The molecule has 12 heteroatoms. The number of hydrogen-bond acceptors (Lipinski definition) is 7. The number of aromatic nitrogens is 4. The lowest BCUT2D eigenvalue weighted by Crippen LogP contribution is -2.38. The summed E-state index contributed by atoms with van der Waals surface area (Å²) in [4.78, 5) is 23.1. The molecule has 4 heterocycles. The van der Waals surface area contributed by atoms with Gasteiger partial charge in [0.2, 0.25) is 0 Å². The van der Waals surface area contributed by atoms with Crippen LogP contribution in [0.1, 0.15) is 27.2 Å². The number of amides is 1. The molecule has 1 N–H and O–H groups in total. The van der Waals surface area contributed by atoms with Crippen LogP contribution in [-0.4, -0.2) is 69.8 Å². The molecule has 0 spiro atoms. The second-order valence-electron chi connectivity index (χ2n) is 8.61. The van der Waals surface area contributed by atoms with Gasteiger partial charge < -0.3 is 14.8 Å². The molecule has 1 fully saturated rings. The van der Waals surface area contributed by atoms with Crippen molar-refractivity contribution in [3.8, 4) is 17.6 Å². The topological polar surface area (TPSA) is 93.9 Å². The number of nitrogens with zero attached hydrogens (tertiary/aromatic N) is 5. The Morgan fingerprint density at radius 1 is 1.10 bits per heavy atom. The van der Waals surface area contributed by atoms with Crippen LogP contribution in [0.15, 0.2) is 61.2 Å². The van der Waals surface area contributed by atoms with Gasteiger partial charge in [0.25, 0.3) is 5.91 Å². The molecule has 3 aromatic heterocycles. The van der Waals surface area contributed by atoms with Gasteiger partial charge in [-0.3, -0.25) is 14.7 Å². The van der Waals surface area contributed by atoms with E-state index in [4.69, 9.17) is 9.47 Å². The molecule has 0 unspecified atom stereocenters. The number of benzene rings is 1. The Kier molecular flexibility index (Phi) is 7.72. The van der Waals surface area contributed by atoms with Crippen LogP contribution in [0.25, 0.3) is 5.65 Å². The zero-order chi connectivity index (χ0) is 27.2. The largest absolute Gasteiger partial charge is 0.492 e. The monoisotopic (exact) mass is 536 g/mol. The van der Waals surface area contributed by atoms with Gasteiger partial charge in [-0.1, -0.05) is 5.92 Å². The normalized spacial score (nSPS) is 14.0. The van der Waals surface area contributed by atoms with Crippen molar-refractivity contribution in [3.05, 3.63) is 83.6 Å². The Hall–Kier alpha value is -4.47. The lowest BCUT2D eigenvalue weighted by atomic mass is 10.1. The first kappa shape index (κ1) is 26.1. The van der Waals surface area contributed by atoms with Crippen LogP contribution in [0.4, 0.5) is 18.9 Å². The number of anilines is 1. The first-order chi connectivity index (χ1) is 18.9. The maximum atomic E-state index is 13.8. The molecule has 1 aromatic carbocycles. The molecule has 200 valence electrons. The van der Waals surface area contributed by atoms with E-state index in [0.29, 0.717) is 49.8 Å². The minimum Gasteiger partial charge on any atom is -0.492 e. The van der Waals surface area contributed by atoms with Crippen LogP contribution in [0.2, 0.25) is 0 Å². The lowest BCUT2D eigenvalue weighted by molar-refractivity contribution is -0.138. The van der Waals surface area contributed by atoms with Crippen molar-refractivity contribution in [2.24, 2.45) is 0 Å². The molecule has 0 aliphatic carbocycles. The fourth-order valence-electron chi connectivity index (χ4n) is 3.95. The van der Waals surface area contributed by atoms with Crippen LogP contribution in [0, 0.1) is 11.8 Å². The average molecular weight is 537 g/mol. The molecule has 5 rings (SSSR count). The first-order valence-electron chi connectivity index (χ1n) is 12.1. The lowest BCUT2D eigenvalue weighted by Gasteiger charge is -2.26. The van der Waals surface area contributed by atoms with Gasteiger partial charge in [-0.15, -0.1) is 0 Å². The highest BCUT2D eigenvalue weighted by Crippen LogP contribution is 2.38. The van der Waals surface area contributed by atoms with E-state index in [1.54, 1.807) is 29.0 Å². The molecule has 4 aromatic rings. The molecular weight excluding hydrogens is 513 g/mol. The number of hydrogen-bond donors (Lipinski definition) is 1. The molecule has 1 saturated heterocycles. The van der Waals surface area contributed by atoms with E-state index < -0.39 is 17.6 Å². The zero-order valence-electron chi connectivity index (χ0n) is 20.6. The number of alkyl halides is 3. The van der Waals surface area contributed by atoms with Crippen LogP contribution >= 0.6 is 0 Å². The van der Waals surface area contributed by atoms with Crippen molar-refractivity contribution < 1.29 is 27.4 Å². The van der Waals surface area contributed by atoms with Crippen molar-refractivity contribution in [1.82, 2.24) is 24.5 Å². The smallest absolute Gasteiger partial charge is 0.420 e. The Balaban J connectivity index is 1.27. The number of fused-ring (bicyclic) bond motifs is 1. The number of pyridine rings is 1. The van der Waals surface area contributed by atoms with Gasteiger partial charge in [0, 0.05) is 49.5 Å². The molecule has 0 atom stereocenters. The van der Waals surface area contributed by atoms with E-state index in [-0.39, 0.29) is 23.6 Å². The molecule has 1 aliphatic heterocycles. The highest BCUT2D eigenvalue weighted by Gasteiger charge is 2.35. The maximum absolute atomic E-state index is 13.8. The van der Waals surface area contributed by atoms with Crippen LogP contribution in [-0.2, 0) is 10.9 Å². The second-order valence-corrected chi connectivity index (χ2v) is 8.61. The molecule has 1 aliphatic rings. The van der Waals surface area contributed by atoms with E-state index in [1.807, 2.05) is 0 Å². The summed E-state index contributed by atoms with van der Waals surface area (Å²) in [5, 5.41) is 6.69. The summed E-state index contributed by atoms with van der Waals surface area (Å²) in [7, 11) is 0. The average Bonchev–Trinajstić information content (AvgIpc) is 3.36. The predicted octanol–water partition coefficient (Wildman–Crippen LogP) is 3.51. The predicted molar refractivity (Wildman–Crippen MR) is 135 cm³/mol. The molecule has 9 nitrogen and oxygen atoms in total. The Morgan fingerprint density at radius 2 is 1.95 bits per heavy atom. The number of nitrogens with one attached hydrogen (secondary N) is 1. The fourth-order valence-corrected chi connectivity index (χ4v) is 3.95. The second kappa shape index (κ2) is 11.5.